The van der Waals surface area contributed by atoms with Gasteiger partial charge in [-0.25, -0.2) is 19.9 Å². The van der Waals surface area contributed by atoms with E-state index in [4.69, 9.17) is 17.3 Å². The number of halogens is 1. The van der Waals surface area contributed by atoms with Gasteiger partial charge in [-0.2, -0.15) is 0 Å². The molecule has 3 aromatic heterocycles. The van der Waals surface area contributed by atoms with Crippen molar-refractivity contribution in [3.8, 4) is 11.4 Å². The van der Waals surface area contributed by atoms with E-state index in [0.29, 0.717) is 29.6 Å². The minimum Gasteiger partial charge on any atom is -0.364 e. The van der Waals surface area contributed by atoms with Gasteiger partial charge in [0.1, 0.15) is 0 Å². The number of nitrogens with two attached hydrogens (primary N) is 1. The van der Waals surface area contributed by atoms with Gasteiger partial charge in [-0.15, -0.1) is 0 Å². The molecule has 0 radical (unpaired) electrons. The Kier molecular flexibility index (Phi) is 5.87. The molecule has 1 fully saturated rings. The predicted molar refractivity (Wildman–Crippen MR) is 127 cm³/mol. The number of nitrogens with zero attached hydrogens (tertiary/aromatic N) is 5. The average molecular weight is 449 g/mol. The highest BCUT2D eigenvalue weighted by molar-refractivity contribution is 6.30. The van der Waals surface area contributed by atoms with Gasteiger partial charge >= 0.3 is 0 Å². The van der Waals surface area contributed by atoms with E-state index in [1.165, 1.54) is 0 Å². The van der Waals surface area contributed by atoms with Crippen LogP contribution in [0.3, 0.4) is 0 Å². The second-order valence-corrected chi connectivity index (χ2v) is 8.55. The third-order valence-corrected chi connectivity index (χ3v) is 6.03. The van der Waals surface area contributed by atoms with Crippen LogP contribution in [0.2, 0.25) is 5.02 Å². The lowest BCUT2D eigenvalue weighted by Gasteiger charge is -2.27. The Morgan fingerprint density at radius 2 is 1.94 bits per heavy atom. The number of imidazole rings is 1. The van der Waals surface area contributed by atoms with Crippen molar-refractivity contribution in [2.75, 3.05) is 10.6 Å². The summed E-state index contributed by atoms with van der Waals surface area (Å²) in [6, 6.07) is 10.3. The second kappa shape index (κ2) is 9.10. The van der Waals surface area contributed by atoms with Crippen molar-refractivity contribution in [3.63, 3.8) is 0 Å². The first kappa shape index (κ1) is 20.7. The molecule has 4 N–H and O–H groups in total. The summed E-state index contributed by atoms with van der Waals surface area (Å²) in [5.41, 5.74) is 9.54. The molecule has 5 rings (SSSR count). The molecule has 1 aromatic carbocycles. The number of aromatic nitrogens is 5. The summed E-state index contributed by atoms with van der Waals surface area (Å²) in [6.07, 6.45) is 11.4. The lowest BCUT2D eigenvalue weighted by Crippen LogP contribution is -2.33. The summed E-state index contributed by atoms with van der Waals surface area (Å²) < 4.78 is 2.01. The number of nitrogens with one attached hydrogen (secondary N) is 2. The molecule has 1 aliphatic carbocycles. The van der Waals surface area contributed by atoms with E-state index in [1.54, 1.807) is 12.4 Å². The van der Waals surface area contributed by atoms with Crippen LogP contribution in [0.15, 0.2) is 55.1 Å². The monoisotopic (exact) mass is 448 g/mol. The van der Waals surface area contributed by atoms with Gasteiger partial charge in [-0.3, -0.25) is 4.40 Å². The van der Waals surface area contributed by atoms with E-state index in [9.17, 15) is 0 Å². The highest BCUT2D eigenvalue weighted by atomic mass is 35.5. The minimum atomic E-state index is 0.314. The largest absolute Gasteiger partial charge is 0.364 e. The summed E-state index contributed by atoms with van der Waals surface area (Å²) >= 11 is 6.07. The summed E-state index contributed by atoms with van der Waals surface area (Å²) in [4.78, 5) is 18.2. The van der Waals surface area contributed by atoms with Crippen LogP contribution in [0, 0.1) is 0 Å². The zero-order chi connectivity index (χ0) is 21.9. The molecule has 0 aliphatic heterocycles. The maximum absolute atomic E-state index is 6.07. The topological polar surface area (TPSA) is 106 Å². The Morgan fingerprint density at radius 3 is 2.78 bits per heavy atom. The van der Waals surface area contributed by atoms with Gasteiger partial charge in [0.05, 0.1) is 17.6 Å². The Bertz CT molecular complexity index is 1220. The van der Waals surface area contributed by atoms with Crippen molar-refractivity contribution < 1.29 is 0 Å². The number of hydrogen-bond donors (Lipinski definition) is 3. The number of rotatable bonds is 6. The summed E-state index contributed by atoms with van der Waals surface area (Å²) in [6.45, 7) is 0.584. The van der Waals surface area contributed by atoms with Gasteiger partial charge in [-0.1, -0.05) is 23.7 Å². The molecular weight excluding hydrogens is 424 g/mol. The van der Waals surface area contributed by atoms with E-state index < -0.39 is 0 Å². The Balaban J connectivity index is 1.36. The fraction of sp³-hybridized carbons (Fsp3) is 0.304. The van der Waals surface area contributed by atoms with Gasteiger partial charge in [0, 0.05) is 42.2 Å². The van der Waals surface area contributed by atoms with Crippen molar-refractivity contribution in [2.45, 2.75) is 44.3 Å². The fourth-order valence-corrected chi connectivity index (χ4v) is 4.29. The molecule has 164 valence electrons. The molecular formula is C23H25ClN8. The van der Waals surface area contributed by atoms with Gasteiger partial charge < -0.3 is 16.4 Å². The number of fused-ring (bicyclic) bond motifs is 1. The zero-order valence-corrected chi connectivity index (χ0v) is 18.3. The lowest BCUT2D eigenvalue weighted by molar-refractivity contribution is 0.410. The highest BCUT2D eigenvalue weighted by Gasteiger charge is 2.20. The third-order valence-electron chi connectivity index (χ3n) is 5.80. The zero-order valence-electron chi connectivity index (χ0n) is 17.6. The first-order valence-electron chi connectivity index (χ1n) is 10.8. The quantitative estimate of drug-likeness (QED) is 0.407. The second-order valence-electron chi connectivity index (χ2n) is 8.12. The summed E-state index contributed by atoms with van der Waals surface area (Å²) in [5, 5.41) is 7.53. The maximum Gasteiger partial charge on any atom is 0.223 e. The Hall–Kier alpha value is -3.23. The number of benzene rings is 1. The van der Waals surface area contributed by atoms with E-state index in [1.807, 2.05) is 47.1 Å². The Morgan fingerprint density at radius 1 is 1.06 bits per heavy atom. The number of hydrogen-bond acceptors (Lipinski definition) is 7. The van der Waals surface area contributed by atoms with Crippen LogP contribution in [-0.2, 0) is 6.54 Å². The maximum atomic E-state index is 6.07. The average Bonchev–Trinajstić information content (AvgIpc) is 3.25. The van der Waals surface area contributed by atoms with E-state index in [-0.39, 0.29) is 0 Å². The molecule has 0 unspecified atom stereocenters. The molecule has 1 aliphatic rings. The van der Waals surface area contributed by atoms with E-state index in [0.717, 1.165) is 54.1 Å². The van der Waals surface area contributed by atoms with Crippen LogP contribution >= 0.6 is 11.6 Å². The SMILES string of the molecule is NC1CCC(Nc2nccn3c(-c4ccnc(NCc5cccc(Cl)c5)n4)cnc23)CC1. The van der Waals surface area contributed by atoms with Crippen LogP contribution in [0.1, 0.15) is 31.2 Å². The van der Waals surface area contributed by atoms with Crippen LogP contribution in [0.4, 0.5) is 11.8 Å². The van der Waals surface area contributed by atoms with Gasteiger partial charge in [-0.05, 0) is 49.4 Å². The molecule has 8 nitrogen and oxygen atoms in total. The van der Waals surface area contributed by atoms with Crippen molar-refractivity contribution >= 4 is 29.0 Å². The normalized spacial score (nSPS) is 18.6. The summed E-state index contributed by atoms with van der Waals surface area (Å²) in [5.74, 6) is 1.33. The van der Waals surface area contributed by atoms with Crippen molar-refractivity contribution in [2.24, 2.45) is 5.73 Å². The van der Waals surface area contributed by atoms with Crippen LogP contribution in [-0.4, -0.2) is 36.4 Å². The van der Waals surface area contributed by atoms with Crippen molar-refractivity contribution in [1.29, 1.82) is 0 Å². The standard InChI is InChI=1S/C23H25ClN8/c24-16-3-1-2-15(12-16)13-29-23-27-9-8-19(31-23)20-14-28-22-21(26-10-11-32(20)22)30-18-6-4-17(25)5-7-18/h1-3,8-12,14,17-18H,4-7,13,25H2,(H,26,30)(H,27,29,31). The smallest absolute Gasteiger partial charge is 0.223 e. The highest BCUT2D eigenvalue weighted by Crippen LogP contribution is 2.25. The number of anilines is 2. The first-order chi connectivity index (χ1) is 15.7. The molecule has 9 heteroatoms. The van der Waals surface area contributed by atoms with E-state index in [2.05, 4.69) is 30.6 Å². The third kappa shape index (κ3) is 4.51. The lowest BCUT2D eigenvalue weighted by atomic mass is 9.92. The fourth-order valence-electron chi connectivity index (χ4n) is 4.08. The van der Waals surface area contributed by atoms with Gasteiger partial charge in [0.2, 0.25) is 5.95 Å². The predicted octanol–water partition coefficient (Wildman–Crippen LogP) is 4.13. The van der Waals surface area contributed by atoms with Crippen molar-refractivity contribution in [3.05, 3.63) is 65.7 Å². The Labute approximate surface area is 191 Å². The first-order valence-corrected chi connectivity index (χ1v) is 11.2. The molecule has 0 bridgehead atoms. The van der Waals surface area contributed by atoms with E-state index >= 15 is 0 Å². The van der Waals surface area contributed by atoms with Gasteiger partial charge in [0.15, 0.2) is 11.5 Å². The van der Waals surface area contributed by atoms with Crippen LogP contribution in [0.25, 0.3) is 17.0 Å². The van der Waals surface area contributed by atoms with Crippen LogP contribution in [0.5, 0.6) is 0 Å². The molecule has 32 heavy (non-hydrogen) atoms. The van der Waals surface area contributed by atoms with Crippen LogP contribution < -0.4 is 16.4 Å². The van der Waals surface area contributed by atoms with Crippen molar-refractivity contribution in [1.82, 2.24) is 24.3 Å². The molecule has 0 amide bonds. The minimum absolute atomic E-state index is 0.314. The summed E-state index contributed by atoms with van der Waals surface area (Å²) in [7, 11) is 0. The molecule has 0 atom stereocenters. The molecule has 3 heterocycles. The van der Waals surface area contributed by atoms with Gasteiger partial charge in [0.25, 0.3) is 0 Å². The molecule has 4 aromatic rings. The molecule has 0 spiro atoms. The molecule has 1 saturated carbocycles. The molecule has 0 saturated heterocycles.